The van der Waals surface area contributed by atoms with Crippen LogP contribution >= 0.6 is 0 Å². The van der Waals surface area contributed by atoms with Gasteiger partial charge >= 0.3 is 5.69 Å². The minimum atomic E-state index is -4.01. The Hall–Kier alpha value is -1.98. The number of piperidine rings is 1. The van der Waals surface area contributed by atoms with Crippen LogP contribution in [-0.4, -0.2) is 83.4 Å². The van der Waals surface area contributed by atoms with Crippen molar-refractivity contribution in [2.24, 2.45) is 14.1 Å². The number of aromatic nitrogens is 2. The Bertz CT molecular complexity index is 953. The minimum Gasteiger partial charge on any atom is -0.342 e. The molecule has 11 heteroatoms. The second-order valence-corrected chi connectivity index (χ2v) is 9.28. The van der Waals surface area contributed by atoms with Crippen molar-refractivity contribution in [1.82, 2.24) is 23.2 Å². The Morgan fingerprint density at radius 1 is 0.964 bits per heavy atom. The molecule has 0 radical (unpaired) electrons. The molecule has 2 fully saturated rings. The average Bonchev–Trinajstić information content (AvgIpc) is 2.70. The van der Waals surface area contributed by atoms with E-state index in [1.165, 1.54) is 18.4 Å². The number of sulfonamides is 1. The summed E-state index contributed by atoms with van der Waals surface area (Å²) in [5.41, 5.74) is -1.41. The monoisotopic (exact) mass is 413 g/mol. The van der Waals surface area contributed by atoms with Crippen LogP contribution in [0.15, 0.2) is 20.7 Å². The first kappa shape index (κ1) is 20.7. The van der Waals surface area contributed by atoms with Crippen molar-refractivity contribution in [3.63, 3.8) is 0 Å². The van der Waals surface area contributed by atoms with Crippen LogP contribution in [0.5, 0.6) is 0 Å². The van der Waals surface area contributed by atoms with Crippen LogP contribution in [0, 0.1) is 0 Å². The molecule has 0 unspecified atom stereocenters. The molecule has 2 aliphatic heterocycles. The van der Waals surface area contributed by atoms with Gasteiger partial charge in [0.15, 0.2) is 4.90 Å². The normalized spacial score (nSPS) is 19.7. The molecule has 0 saturated carbocycles. The van der Waals surface area contributed by atoms with E-state index in [2.05, 4.69) is 0 Å². The van der Waals surface area contributed by atoms with Crippen molar-refractivity contribution in [3.8, 4) is 0 Å². The molecule has 2 saturated heterocycles. The summed E-state index contributed by atoms with van der Waals surface area (Å²) in [6, 6.07) is 0. The molecule has 0 aliphatic carbocycles. The maximum Gasteiger partial charge on any atom is 0.330 e. The van der Waals surface area contributed by atoms with E-state index in [1.807, 2.05) is 9.80 Å². The third-order valence-corrected chi connectivity index (χ3v) is 7.31. The van der Waals surface area contributed by atoms with Gasteiger partial charge in [-0.05, 0) is 19.3 Å². The maximum atomic E-state index is 12.9. The average molecular weight is 414 g/mol. The molecule has 0 atom stereocenters. The molecule has 3 heterocycles. The van der Waals surface area contributed by atoms with Gasteiger partial charge in [0.05, 0.1) is 6.54 Å². The number of aryl methyl sites for hydroxylation is 1. The van der Waals surface area contributed by atoms with Crippen molar-refractivity contribution in [3.05, 3.63) is 27.0 Å². The van der Waals surface area contributed by atoms with E-state index in [1.54, 1.807) is 0 Å². The highest BCUT2D eigenvalue weighted by Gasteiger charge is 2.32. The lowest BCUT2D eigenvalue weighted by molar-refractivity contribution is -0.133. The van der Waals surface area contributed by atoms with Crippen LogP contribution in [0.4, 0.5) is 0 Å². The molecule has 0 N–H and O–H groups in total. The predicted molar refractivity (Wildman–Crippen MR) is 103 cm³/mol. The van der Waals surface area contributed by atoms with Gasteiger partial charge in [0, 0.05) is 59.6 Å². The second-order valence-electron chi connectivity index (χ2n) is 7.37. The summed E-state index contributed by atoms with van der Waals surface area (Å²) in [4.78, 5) is 39.9. The van der Waals surface area contributed by atoms with Crippen LogP contribution in [0.1, 0.15) is 19.3 Å². The Balaban J connectivity index is 1.66. The molecule has 1 aromatic heterocycles. The van der Waals surface area contributed by atoms with E-state index in [0.717, 1.165) is 47.7 Å². The van der Waals surface area contributed by atoms with Gasteiger partial charge in [0.2, 0.25) is 15.9 Å². The van der Waals surface area contributed by atoms with Crippen LogP contribution in [0.2, 0.25) is 0 Å². The highest BCUT2D eigenvalue weighted by atomic mass is 32.2. The number of amides is 1. The lowest BCUT2D eigenvalue weighted by Gasteiger charge is -2.35. The molecular formula is C17H27N5O5S. The van der Waals surface area contributed by atoms with Gasteiger partial charge in [-0.15, -0.1) is 0 Å². The Kier molecular flexibility index (Phi) is 6.06. The fourth-order valence-corrected chi connectivity index (χ4v) is 5.22. The van der Waals surface area contributed by atoms with Crippen LogP contribution in [0.25, 0.3) is 0 Å². The van der Waals surface area contributed by atoms with Gasteiger partial charge in [-0.3, -0.25) is 19.1 Å². The number of piperazine rings is 1. The van der Waals surface area contributed by atoms with E-state index < -0.39 is 26.2 Å². The third-order valence-electron chi connectivity index (χ3n) is 5.43. The lowest BCUT2D eigenvalue weighted by Crippen LogP contribution is -2.53. The summed E-state index contributed by atoms with van der Waals surface area (Å²) < 4.78 is 28.9. The molecule has 156 valence electrons. The van der Waals surface area contributed by atoms with Gasteiger partial charge in [-0.1, -0.05) is 0 Å². The summed E-state index contributed by atoms with van der Waals surface area (Å²) >= 11 is 0. The fourth-order valence-electron chi connectivity index (χ4n) is 3.65. The molecule has 10 nitrogen and oxygen atoms in total. The molecule has 3 rings (SSSR count). The molecule has 2 aliphatic rings. The minimum absolute atomic E-state index is 0.0861. The smallest absolute Gasteiger partial charge is 0.330 e. The number of rotatable bonds is 4. The van der Waals surface area contributed by atoms with Crippen molar-refractivity contribution in [1.29, 1.82) is 0 Å². The molecule has 0 aromatic carbocycles. The molecule has 1 aromatic rings. The van der Waals surface area contributed by atoms with Gasteiger partial charge in [0.1, 0.15) is 0 Å². The highest BCUT2D eigenvalue weighted by Crippen LogP contribution is 2.15. The fraction of sp³-hybridized carbons (Fsp3) is 0.706. The zero-order chi connectivity index (χ0) is 20.5. The molecule has 0 bridgehead atoms. The van der Waals surface area contributed by atoms with E-state index in [9.17, 15) is 22.8 Å². The Morgan fingerprint density at radius 3 is 2.18 bits per heavy atom. The van der Waals surface area contributed by atoms with E-state index in [0.29, 0.717) is 13.1 Å². The number of hydrogen-bond donors (Lipinski definition) is 0. The first-order valence-electron chi connectivity index (χ1n) is 9.49. The number of hydrogen-bond acceptors (Lipinski definition) is 6. The molecule has 28 heavy (non-hydrogen) atoms. The van der Waals surface area contributed by atoms with Gasteiger partial charge < -0.3 is 9.47 Å². The highest BCUT2D eigenvalue weighted by molar-refractivity contribution is 7.89. The van der Waals surface area contributed by atoms with Crippen LogP contribution < -0.4 is 11.2 Å². The number of likely N-dealkylation sites (tertiary alicyclic amines) is 1. The summed E-state index contributed by atoms with van der Waals surface area (Å²) in [6.45, 7) is 3.11. The first-order chi connectivity index (χ1) is 13.2. The number of carbonyl (C=O) groups excluding carboxylic acids is 1. The molecule has 0 spiro atoms. The maximum absolute atomic E-state index is 12.9. The van der Waals surface area contributed by atoms with Crippen molar-refractivity contribution >= 4 is 15.9 Å². The topological polar surface area (TPSA) is 105 Å². The van der Waals surface area contributed by atoms with E-state index >= 15 is 0 Å². The quantitative estimate of drug-likeness (QED) is 0.589. The van der Waals surface area contributed by atoms with Gasteiger partial charge in [-0.2, -0.15) is 4.31 Å². The van der Waals surface area contributed by atoms with Crippen molar-refractivity contribution < 1.29 is 13.2 Å². The summed E-state index contributed by atoms with van der Waals surface area (Å²) in [7, 11) is -1.34. The molecular weight excluding hydrogens is 386 g/mol. The Morgan fingerprint density at radius 2 is 1.57 bits per heavy atom. The summed E-state index contributed by atoms with van der Waals surface area (Å²) in [6.07, 6.45) is 4.30. The van der Waals surface area contributed by atoms with Crippen molar-refractivity contribution in [2.75, 3.05) is 45.8 Å². The van der Waals surface area contributed by atoms with Crippen LogP contribution in [-0.2, 0) is 28.9 Å². The molecule has 1 amide bonds. The van der Waals surface area contributed by atoms with Gasteiger partial charge in [0.25, 0.3) is 5.56 Å². The third kappa shape index (κ3) is 4.06. The zero-order valence-corrected chi connectivity index (χ0v) is 17.2. The standard InChI is InChI=1S/C17H27N5O5S/c1-18-12-14(16(24)19(2)17(18)25)28(26,27)22-10-8-20(9-11-22)13-15(23)21-6-4-3-5-7-21/h12H,3-11,13H2,1-2H3. The summed E-state index contributed by atoms with van der Waals surface area (Å²) in [5.74, 6) is 0.0861. The van der Waals surface area contributed by atoms with Crippen LogP contribution in [0.3, 0.4) is 0 Å². The Labute approximate surface area is 164 Å². The first-order valence-corrected chi connectivity index (χ1v) is 10.9. The number of nitrogens with zero attached hydrogens (tertiary/aromatic N) is 5. The summed E-state index contributed by atoms with van der Waals surface area (Å²) in [5, 5.41) is 0. The van der Waals surface area contributed by atoms with Crippen molar-refractivity contribution in [2.45, 2.75) is 24.2 Å². The van der Waals surface area contributed by atoms with E-state index in [4.69, 9.17) is 0 Å². The second kappa shape index (κ2) is 8.18. The largest absolute Gasteiger partial charge is 0.342 e. The zero-order valence-electron chi connectivity index (χ0n) is 16.3. The lowest BCUT2D eigenvalue weighted by atomic mass is 10.1. The van der Waals surface area contributed by atoms with Gasteiger partial charge in [-0.25, -0.2) is 13.2 Å². The predicted octanol–water partition coefficient (Wildman–Crippen LogP) is -1.60. The SMILES string of the molecule is Cn1cc(S(=O)(=O)N2CCN(CC(=O)N3CCCCC3)CC2)c(=O)n(C)c1=O. The number of carbonyl (C=O) groups is 1. The van der Waals surface area contributed by atoms with E-state index in [-0.39, 0.29) is 25.5 Å².